The maximum Gasteiger partial charge on any atom is 0.115 e. The fourth-order valence-corrected chi connectivity index (χ4v) is 2.39. The molecule has 1 N–H and O–H groups in total. The minimum absolute atomic E-state index is 0.199. The number of anilines is 1. The van der Waals surface area contributed by atoms with Gasteiger partial charge in [0.2, 0.25) is 0 Å². The van der Waals surface area contributed by atoms with E-state index in [-0.39, 0.29) is 6.10 Å². The smallest absolute Gasteiger partial charge is 0.115 e. The van der Waals surface area contributed by atoms with E-state index in [9.17, 15) is 0 Å². The van der Waals surface area contributed by atoms with Crippen molar-refractivity contribution >= 4 is 17.3 Å². The van der Waals surface area contributed by atoms with Gasteiger partial charge in [-0.3, -0.25) is 0 Å². The van der Waals surface area contributed by atoms with Crippen molar-refractivity contribution in [1.29, 1.82) is 0 Å². The number of hydrogen-bond donors (Lipinski definition) is 1. The van der Waals surface area contributed by atoms with Crippen molar-refractivity contribution in [2.45, 2.75) is 18.9 Å². The number of hydrogen-bond acceptors (Lipinski definition) is 3. The third-order valence-corrected chi connectivity index (χ3v) is 3.49. The van der Waals surface area contributed by atoms with Crippen LogP contribution in [0.1, 0.15) is 12.8 Å². The molecule has 2 heterocycles. The Morgan fingerprint density at radius 3 is 3.15 bits per heavy atom. The van der Waals surface area contributed by atoms with Crippen molar-refractivity contribution in [2.75, 3.05) is 11.9 Å². The minimum Gasteiger partial charge on any atom is -0.497 e. The molecule has 0 fully saturated rings. The van der Waals surface area contributed by atoms with Gasteiger partial charge in [-0.1, -0.05) is 11.6 Å². The van der Waals surface area contributed by atoms with Crippen LogP contribution in [-0.2, 0) is 4.74 Å². The molecule has 0 saturated carbocycles. The maximum atomic E-state index is 6.09. The molecule has 0 radical (unpaired) electrons. The molecular weight excluding hydrogens is 274 g/mol. The van der Waals surface area contributed by atoms with Gasteiger partial charge in [0.15, 0.2) is 0 Å². The number of benzene rings is 1. The largest absolute Gasteiger partial charge is 0.497 e. The van der Waals surface area contributed by atoms with Crippen LogP contribution >= 0.6 is 11.6 Å². The second kappa shape index (κ2) is 6.01. The van der Waals surface area contributed by atoms with Crippen molar-refractivity contribution in [3.63, 3.8) is 0 Å². The average Bonchev–Trinajstić information content (AvgIpc) is 3.00. The molecule has 0 spiro atoms. The monoisotopic (exact) mass is 289 g/mol. The van der Waals surface area contributed by atoms with E-state index in [2.05, 4.69) is 10.4 Å². The van der Waals surface area contributed by atoms with E-state index in [0.29, 0.717) is 5.02 Å². The molecule has 1 atom stereocenters. The van der Waals surface area contributed by atoms with E-state index in [0.717, 1.165) is 30.8 Å². The summed E-state index contributed by atoms with van der Waals surface area (Å²) in [7, 11) is 0. The molecule has 104 valence electrons. The van der Waals surface area contributed by atoms with E-state index in [1.807, 2.05) is 41.2 Å². The van der Waals surface area contributed by atoms with Crippen molar-refractivity contribution in [1.82, 2.24) is 9.78 Å². The third kappa shape index (κ3) is 2.96. The predicted molar refractivity (Wildman–Crippen MR) is 80.3 cm³/mol. The molecule has 4 nitrogen and oxygen atoms in total. The summed E-state index contributed by atoms with van der Waals surface area (Å²) < 4.78 is 7.38. The molecule has 0 amide bonds. The summed E-state index contributed by atoms with van der Waals surface area (Å²) in [6.07, 6.45) is 9.79. The number of ether oxygens (including phenoxy) is 1. The molecule has 1 aromatic heterocycles. The molecule has 20 heavy (non-hydrogen) atoms. The Kier molecular flexibility index (Phi) is 3.92. The van der Waals surface area contributed by atoms with Gasteiger partial charge in [-0.05, 0) is 43.2 Å². The fourth-order valence-electron chi connectivity index (χ4n) is 2.22. The van der Waals surface area contributed by atoms with E-state index >= 15 is 0 Å². The van der Waals surface area contributed by atoms with Crippen molar-refractivity contribution in [3.05, 3.63) is 54.0 Å². The van der Waals surface area contributed by atoms with Crippen LogP contribution in [0, 0.1) is 0 Å². The van der Waals surface area contributed by atoms with Crippen LogP contribution in [0.15, 0.2) is 49.0 Å². The van der Waals surface area contributed by atoms with Crippen molar-refractivity contribution in [2.24, 2.45) is 0 Å². The average molecular weight is 290 g/mol. The van der Waals surface area contributed by atoms with Crippen LogP contribution in [0.5, 0.6) is 0 Å². The van der Waals surface area contributed by atoms with Gasteiger partial charge < -0.3 is 10.1 Å². The molecule has 0 bridgehead atoms. The summed E-state index contributed by atoms with van der Waals surface area (Å²) in [5, 5.41) is 8.37. The lowest BCUT2D eigenvalue weighted by Gasteiger charge is -2.21. The van der Waals surface area contributed by atoms with Gasteiger partial charge in [0.05, 0.1) is 24.2 Å². The van der Waals surface area contributed by atoms with Gasteiger partial charge in [-0.25, -0.2) is 4.68 Å². The Hall–Kier alpha value is -1.94. The Labute approximate surface area is 123 Å². The minimum atomic E-state index is 0.199. The number of halogens is 1. The number of nitrogens with zero attached hydrogens (tertiary/aromatic N) is 2. The first-order valence-corrected chi connectivity index (χ1v) is 7.04. The number of rotatable bonds is 4. The molecule has 1 aliphatic heterocycles. The quantitative estimate of drug-likeness (QED) is 0.934. The Morgan fingerprint density at radius 1 is 1.45 bits per heavy atom. The van der Waals surface area contributed by atoms with Crippen LogP contribution in [0.2, 0.25) is 5.02 Å². The predicted octanol–water partition coefficient (Wildman–Crippen LogP) is 3.63. The van der Waals surface area contributed by atoms with Crippen LogP contribution in [0.4, 0.5) is 5.69 Å². The van der Waals surface area contributed by atoms with Crippen LogP contribution in [-0.4, -0.2) is 22.4 Å². The van der Waals surface area contributed by atoms with Gasteiger partial charge in [-0.2, -0.15) is 5.10 Å². The van der Waals surface area contributed by atoms with Gasteiger partial charge in [0.25, 0.3) is 0 Å². The normalized spacial score (nSPS) is 17.8. The van der Waals surface area contributed by atoms with Gasteiger partial charge in [-0.15, -0.1) is 0 Å². The lowest BCUT2D eigenvalue weighted by molar-refractivity contribution is 0.135. The second-order valence-electron chi connectivity index (χ2n) is 4.70. The molecule has 1 aliphatic rings. The first-order chi connectivity index (χ1) is 9.83. The maximum absolute atomic E-state index is 6.09. The van der Waals surface area contributed by atoms with Gasteiger partial charge >= 0.3 is 0 Å². The highest BCUT2D eigenvalue weighted by atomic mass is 35.5. The van der Waals surface area contributed by atoms with Crippen molar-refractivity contribution in [3.8, 4) is 5.69 Å². The summed E-state index contributed by atoms with van der Waals surface area (Å²) in [5.74, 6) is 0. The second-order valence-corrected chi connectivity index (χ2v) is 5.14. The molecule has 0 saturated heterocycles. The van der Waals surface area contributed by atoms with Gasteiger partial charge in [0.1, 0.15) is 6.10 Å². The SMILES string of the molecule is Clc1ccc(-n2cccn2)c(NCC2CCC=CO2)c1. The zero-order valence-corrected chi connectivity index (χ0v) is 11.8. The highest BCUT2D eigenvalue weighted by Gasteiger charge is 2.12. The molecule has 5 heteroatoms. The first-order valence-electron chi connectivity index (χ1n) is 6.67. The number of nitrogens with one attached hydrogen (secondary N) is 1. The Morgan fingerprint density at radius 2 is 2.40 bits per heavy atom. The summed E-state index contributed by atoms with van der Waals surface area (Å²) in [6.45, 7) is 0.749. The van der Waals surface area contributed by atoms with E-state index < -0.39 is 0 Å². The van der Waals surface area contributed by atoms with Crippen LogP contribution in [0.3, 0.4) is 0 Å². The van der Waals surface area contributed by atoms with Crippen LogP contribution in [0.25, 0.3) is 5.69 Å². The molecule has 1 aromatic carbocycles. The highest BCUT2D eigenvalue weighted by Crippen LogP contribution is 2.24. The molecule has 2 aromatic rings. The van der Waals surface area contributed by atoms with E-state index in [1.54, 1.807) is 12.5 Å². The zero-order valence-electron chi connectivity index (χ0n) is 11.0. The molecule has 0 aliphatic carbocycles. The summed E-state index contributed by atoms with van der Waals surface area (Å²) in [5.41, 5.74) is 1.94. The molecular formula is C15H16ClN3O. The number of allylic oxidation sites excluding steroid dienone is 1. The van der Waals surface area contributed by atoms with E-state index in [1.165, 1.54) is 0 Å². The zero-order chi connectivity index (χ0) is 13.8. The number of aromatic nitrogens is 2. The molecule has 1 unspecified atom stereocenters. The highest BCUT2D eigenvalue weighted by molar-refractivity contribution is 6.31. The first kappa shape index (κ1) is 13.1. The lowest BCUT2D eigenvalue weighted by atomic mass is 10.1. The fraction of sp³-hybridized carbons (Fsp3) is 0.267. The Balaban J connectivity index is 1.77. The van der Waals surface area contributed by atoms with E-state index in [4.69, 9.17) is 16.3 Å². The Bertz CT molecular complexity index is 595. The topological polar surface area (TPSA) is 39.1 Å². The summed E-state index contributed by atoms with van der Waals surface area (Å²) in [4.78, 5) is 0. The lowest BCUT2D eigenvalue weighted by Crippen LogP contribution is -2.23. The van der Waals surface area contributed by atoms with Crippen LogP contribution < -0.4 is 5.32 Å². The van der Waals surface area contributed by atoms with Crippen molar-refractivity contribution < 1.29 is 4.74 Å². The third-order valence-electron chi connectivity index (χ3n) is 3.25. The summed E-state index contributed by atoms with van der Waals surface area (Å²) >= 11 is 6.09. The summed E-state index contributed by atoms with van der Waals surface area (Å²) in [6, 6.07) is 7.63. The standard InChI is InChI=1S/C15H16ClN3O/c16-12-5-6-15(19-8-3-7-18-19)14(10-12)17-11-13-4-1-2-9-20-13/h2-3,5-10,13,17H,1,4,11H2. The van der Waals surface area contributed by atoms with Gasteiger partial charge in [0, 0.05) is 17.4 Å². The molecule has 3 rings (SSSR count).